The van der Waals surface area contributed by atoms with Crippen molar-refractivity contribution in [1.82, 2.24) is 4.37 Å². The van der Waals surface area contributed by atoms with Crippen molar-refractivity contribution in [2.45, 2.75) is 25.6 Å². The summed E-state index contributed by atoms with van der Waals surface area (Å²) < 4.78 is 27.9. The largest absolute Gasteiger partial charge is 0.568 e. The SMILES string of the molecule is [O-][s+]1nc(O)cc1-c1ccc(OC2CCc3c(OCc4ccccc4)cccc32)cc1. The summed E-state index contributed by atoms with van der Waals surface area (Å²) in [5.41, 5.74) is 4.26. The Morgan fingerprint density at radius 2 is 1.81 bits per heavy atom. The van der Waals surface area contributed by atoms with E-state index < -0.39 is 10.9 Å². The second-order valence-electron chi connectivity index (χ2n) is 7.47. The van der Waals surface area contributed by atoms with E-state index in [1.54, 1.807) is 0 Å². The normalized spacial score (nSPS) is 15.5. The van der Waals surface area contributed by atoms with Gasteiger partial charge in [0, 0.05) is 15.5 Å². The second-order valence-corrected chi connectivity index (χ2v) is 8.60. The monoisotopic (exact) mass is 431 g/mol. The lowest BCUT2D eigenvalue weighted by molar-refractivity contribution is 0.207. The average molecular weight is 432 g/mol. The molecule has 5 rings (SSSR count). The van der Waals surface area contributed by atoms with Gasteiger partial charge in [-0.2, -0.15) is 0 Å². The van der Waals surface area contributed by atoms with E-state index in [9.17, 15) is 9.66 Å². The van der Waals surface area contributed by atoms with E-state index in [-0.39, 0.29) is 12.0 Å². The van der Waals surface area contributed by atoms with Crippen molar-refractivity contribution >= 4 is 10.9 Å². The highest BCUT2D eigenvalue weighted by atomic mass is 32.2. The molecule has 3 aromatic carbocycles. The van der Waals surface area contributed by atoms with Crippen LogP contribution in [0.2, 0.25) is 0 Å². The Balaban J connectivity index is 1.30. The predicted octanol–water partition coefficient (Wildman–Crippen LogP) is 5.83. The van der Waals surface area contributed by atoms with E-state index in [0.29, 0.717) is 11.5 Å². The molecule has 2 unspecified atom stereocenters. The first-order chi connectivity index (χ1) is 15.2. The van der Waals surface area contributed by atoms with Crippen LogP contribution in [0.4, 0.5) is 0 Å². The molecule has 4 aromatic rings. The summed E-state index contributed by atoms with van der Waals surface area (Å²) >= 11 is 0. The Morgan fingerprint density at radius 3 is 2.55 bits per heavy atom. The van der Waals surface area contributed by atoms with Crippen LogP contribution in [0.25, 0.3) is 10.4 Å². The lowest BCUT2D eigenvalue weighted by Gasteiger charge is -2.16. The molecule has 0 spiro atoms. The molecule has 0 saturated carbocycles. The summed E-state index contributed by atoms with van der Waals surface area (Å²) in [6.07, 6.45) is 1.76. The number of ether oxygens (including phenoxy) is 2. The summed E-state index contributed by atoms with van der Waals surface area (Å²) in [6.45, 7) is 0.542. The van der Waals surface area contributed by atoms with E-state index in [1.165, 1.54) is 11.6 Å². The minimum Gasteiger partial charge on any atom is -0.568 e. The quantitative estimate of drug-likeness (QED) is 0.389. The maximum absolute atomic E-state index is 11.9. The maximum atomic E-state index is 11.9. The van der Waals surface area contributed by atoms with Crippen molar-refractivity contribution in [3.8, 4) is 27.8 Å². The summed E-state index contributed by atoms with van der Waals surface area (Å²) in [7, 11) is -1.56. The van der Waals surface area contributed by atoms with Crippen molar-refractivity contribution in [2.75, 3.05) is 0 Å². The number of benzene rings is 3. The van der Waals surface area contributed by atoms with Gasteiger partial charge in [0.2, 0.25) is 4.88 Å². The van der Waals surface area contributed by atoms with Crippen LogP contribution in [0.15, 0.2) is 78.9 Å². The van der Waals surface area contributed by atoms with E-state index in [1.807, 2.05) is 54.6 Å². The third-order valence-corrected chi connectivity index (χ3v) is 6.53. The fourth-order valence-corrected chi connectivity index (χ4v) is 4.81. The maximum Gasteiger partial charge on any atom is 0.270 e. The average Bonchev–Trinajstić information content (AvgIpc) is 3.36. The molecule has 2 atom stereocenters. The van der Waals surface area contributed by atoms with Crippen molar-refractivity contribution in [3.05, 3.63) is 95.6 Å². The van der Waals surface area contributed by atoms with Gasteiger partial charge >= 0.3 is 0 Å². The molecule has 1 aliphatic rings. The summed E-state index contributed by atoms with van der Waals surface area (Å²) in [5, 5.41) is 9.44. The van der Waals surface area contributed by atoms with Crippen molar-refractivity contribution in [3.63, 3.8) is 0 Å². The zero-order chi connectivity index (χ0) is 21.2. The Hall–Kier alpha value is -3.35. The molecule has 0 amide bonds. The van der Waals surface area contributed by atoms with E-state index in [0.717, 1.165) is 41.0 Å². The van der Waals surface area contributed by atoms with Gasteiger partial charge < -0.3 is 19.1 Å². The van der Waals surface area contributed by atoms with Gasteiger partial charge in [0.1, 0.15) is 24.2 Å². The molecule has 5 nitrogen and oxygen atoms in total. The minimum absolute atomic E-state index is 0.0340. The predicted molar refractivity (Wildman–Crippen MR) is 119 cm³/mol. The molecule has 0 aliphatic heterocycles. The van der Waals surface area contributed by atoms with Crippen molar-refractivity contribution < 1.29 is 19.1 Å². The Kier molecular flexibility index (Phi) is 5.32. The highest BCUT2D eigenvalue weighted by Crippen LogP contribution is 2.40. The highest BCUT2D eigenvalue weighted by molar-refractivity contribution is 7.23. The van der Waals surface area contributed by atoms with Crippen LogP contribution >= 0.6 is 10.9 Å². The number of hydrogen-bond acceptors (Lipinski definition) is 5. The number of fused-ring (bicyclic) bond motifs is 1. The first-order valence-electron chi connectivity index (χ1n) is 10.1. The van der Waals surface area contributed by atoms with Crippen LogP contribution in [-0.4, -0.2) is 14.0 Å². The van der Waals surface area contributed by atoms with Crippen LogP contribution in [-0.2, 0) is 13.0 Å². The van der Waals surface area contributed by atoms with E-state index in [2.05, 4.69) is 22.6 Å². The zero-order valence-corrected chi connectivity index (χ0v) is 17.5. The van der Waals surface area contributed by atoms with Gasteiger partial charge in [0.25, 0.3) is 5.88 Å². The molecule has 1 aromatic heterocycles. The zero-order valence-electron chi connectivity index (χ0n) is 16.7. The molecule has 0 saturated heterocycles. The van der Waals surface area contributed by atoms with Gasteiger partial charge in [0.15, 0.2) is 0 Å². The summed E-state index contributed by atoms with van der Waals surface area (Å²) in [5.74, 6) is 1.45. The third-order valence-electron chi connectivity index (χ3n) is 5.45. The number of aromatic hydroxyl groups is 1. The fraction of sp³-hybridized carbons (Fsp3) is 0.160. The van der Waals surface area contributed by atoms with Crippen LogP contribution in [0, 0.1) is 0 Å². The lowest BCUT2D eigenvalue weighted by Crippen LogP contribution is -2.04. The van der Waals surface area contributed by atoms with E-state index >= 15 is 0 Å². The Morgan fingerprint density at radius 1 is 1.00 bits per heavy atom. The summed E-state index contributed by atoms with van der Waals surface area (Å²) in [4.78, 5) is 0.496. The van der Waals surface area contributed by atoms with Crippen LogP contribution in [0.5, 0.6) is 17.4 Å². The van der Waals surface area contributed by atoms with Gasteiger partial charge in [-0.15, -0.1) is 0 Å². The fourth-order valence-electron chi connectivity index (χ4n) is 3.95. The number of nitrogens with zero attached hydrogens (tertiary/aromatic N) is 1. The number of hydrogen-bond donors (Lipinski definition) is 1. The van der Waals surface area contributed by atoms with Crippen molar-refractivity contribution in [2.24, 2.45) is 0 Å². The van der Waals surface area contributed by atoms with Gasteiger partial charge in [-0.25, -0.2) is 0 Å². The summed E-state index contributed by atoms with van der Waals surface area (Å²) in [6, 6.07) is 25.1. The first kappa shape index (κ1) is 19.6. The van der Waals surface area contributed by atoms with E-state index in [4.69, 9.17) is 9.47 Å². The molecule has 156 valence electrons. The Labute approximate surface area is 183 Å². The molecular weight excluding hydrogens is 410 g/mol. The first-order valence-corrected chi connectivity index (χ1v) is 11.2. The molecule has 1 heterocycles. The third kappa shape index (κ3) is 4.13. The molecule has 1 N–H and O–H groups in total. The molecule has 0 radical (unpaired) electrons. The second kappa shape index (κ2) is 8.41. The van der Waals surface area contributed by atoms with Crippen LogP contribution in [0.3, 0.4) is 0 Å². The number of aromatic nitrogens is 1. The molecule has 0 fully saturated rings. The molecule has 1 aliphatic carbocycles. The van der Waals surface area contributed by atoms with Gasteiger partial charge in [-0.05, 0) is 54.3 Å². The standard InChI is InChI=1S/C25H21NO4S/c27-25-15-24(31(28)26-25)18-9-11-19(12-10-18)30-23-14-13-21-20(23)7-4-8-22(21)29-16-17-5-2-1-3-6-17/h1-12,15,23H,13-14,16H2,(H,26,27). The number of rotatable bonds is 6. The van der Waals surface area contributed by atoms with Gasteiger partial charge in [-0.1, -0.05) is 42.5 Å². The molecule has 31 heavy (non-hydrogen) atoms. The van der Waals surface area contributed by atoms with Crippen LogP contribution in [0.1, 0.15) is 29.2 Å². The van der Waals surface area contributed by atoms with Crippen molar-refractivity contribution in [1.29, 1.82) is 0 Å². The molecule has 6 heteroatoms. The molecule has 0 bridgehead atoms. The lowest BCUT2D eigenvalue weighted by atomic mass is 10.1. The smallest absolute Gasteiger partial charge is 0.270 e. The Bertz CT molecular complexity index is 1190. The minimum atomic E-state index is -1.56. The van der Waals surface area contributed by atoms with Gasteiger partial charge in [0.05, 0.1) is 17.0 Å². The van der Waals surface area contributed by atoms with Gasteiger partial charge in [-0.3, -0.25) is 0 Å². The topological polar surface area (TPSA) is 74.6 Å². The highest BCUT2D eigenvalue weighted by Gasteiger charge is 2.27. The molecular formula is C25H21NO4S. The van der Waals surface area contributed by atoms with Crippen LogP contribution < -0.4 is 9.47 Å².